The zero-order valence-electron chi connectivity index (χ0n) is 13.2. The summed E-state index contributed by atoms with van der Waals surface area (Å²) in [5, 5.41) is 21.4. The molecule has 7 heteroatoms. The average Bonchev–Trinajstić information content (AvgIpc) is 2.70. The largest absolute Gasteiger partial charge is 1.00 e. The fraction of sp³-hybridized carbons (Fsp3) is 0.733. The number of hydrogen-bond donors (Lipinski definition) is 1. The monoisotopic (exact) mass is 317 g/mol. The molecule has 0 aromatic rings. The fourth-order valence-electron chi connectivity index (χ4n) is 4.20. The van der Waals surface area contributed by atoms with Crippen molar-refractivity contribution in [3.05, 3.63) is 11.3 Å². The summed E-state index contributed by atoms with van der Waals surface area (Å²) in [5.41, 5.74) is 0.689. The average molecular weight is 317 g/mol. The first kappa shape index (κ1) is 17.9. The molecule has 2 heterocycles. The van der Waals surface area contributed by atoms with E-state index in [-0.39, 0.29) is 59.2 Å². The van der Waals surface area contributed by atoms with Crippen LogP contribution in [0, 0.1) is 11.8 Å². The molecule has 1 aliphatic carbocycles. The molecule has 3 rings (SSSR count). The van der Waals surface area contributed by atoms with Crippen LogP contribution in [-0.2, 0) is 14.3 Å². The summed E-state index contributed by atoms with van der Waals surface area (Å²) in [5.74, 6) is -2.17. The SMILES string of the molecule is CCOC1CCC[C@H]2C1=C(C(=O)[O-])N1C(=O)[C@@H](C(C)O)C21.[Na+]. The number of amides is 1. The maximum absolute atomic E-state index is 12.2. The van der Waals surface area contributed by atoms with Gasteiger partial charge in [0.1, 0.15) is 0 Å². The minimum Gasteiger partial charge on any atom is -0.543 e. The normalized spacial score (nSPS) is 34.5. The van der Waals surface area contributed by atoms with Gasteiger partial charge >= 0.3 is 29.6 Å². The minimum absolute atomic E-state index is 0. The van der Waals surface area contributed by atoms with Gasteiger partial charge in [-0.05, 0) is 38.7 Å². The molecule has 0 radical (unpaired) electrons. The van der Waals surface area contributed by atoms with Crippen LogP contribution in [0.5, 0.6) is 0 Å². The Balaban J connectivity index is 0.00000176. The van der Waals surface area contributed by atoms with Gasteiger partial charge < -0.3 is 24.6 Å². The Morgan fingerprint density at radius 2 is 2.18 bits per heavy atom. The van der Waals surface area contributed by atoms with Gasteiger partial charge in [-0.15, -0.1) is 0 Å². The third kappa shape index (κ3) is 2.45. The molecular weight excluding hydrogens is 297 g/mol. The molecule has 0 aromatic heterocycles. The first-order valence-electron chi connectivity index (χ1n) is 7.57. The van der Waals surface area contributed by atoms with Crippen molar-refractivity contribution in [3.8, 4) is 0 Å². The predicted molar refractivity (Wildman–Crippen MR) is 70.6 cm³/mol. The number of β-lactam (4-membered cyclic amide) rings is 1. The number of rotatable bonds is 4. The van der Waals surface area contributed by atoms with Gasteiger partial charge in [0.25, 0.3) is 0 Å². The van der Waals surface area contributed by atoms with Crippen molar-refractivity contribution in [3.63, 3.8) is 0 Å². The number of hydrogen-bond acceptors (Lipinski definition) is 5. The molecule has 3 unspecified atom stereocenters. The third-order valence-corrected chi connectivity index (χ3v) is 4.92. The summed E-state index contributed by atoms with van der Waals surface area (Å²) in [7, 11) is 0. The second-order valence-electron chi connectivity index (χ2n) is 6.04. The van der Waals surface area contributed by atoms with Gasteiger partial charge in [-0.25, -0.2) is 0 Å². The van der Waals surface area contributed by atoms with Gasteiger partial charge in [0.15, 0.2) is 0 Å². The van der Waals surface area contributed by atoms with Crippen molar-refractivity contribution in [2.24, 2.45) is 11.8 Å². The van der Waals surface area contributed by atoms with E-state index in [1.165, 1.54) is 4.90 Å². The molecule has 2 aliphatic heterocycles. The number of fused-ring (bicyclic) bond motifs is 3. The number of carboxylic acids is 1. The molecular formula is C15H20NNaO5. The Bertz CT molecular complexity index is 516. The van der Waals surface area contributed by atoms with Gasteiger partial charge in [0.05, 0.1) is 35.8 Å². The van der Waals surface area contributed by atoms with E-state index in [0.29, 0.717) is 12.2 Å². The van der Waals surface area contributed by atoms with Crippen molar-refractivity contribution in [1.29, 1.82) is 0 Å². The zero-order valence-corrected chi connectivity index (χ0v) is 15.2. The first-order valence-corrected chi connectivity index (χ1v) is 7.57. The Labute approximate surface area is 151 Å². The Hall–Kier alpha value is -0.400. The molecule has 0 bridgehead atoms. The number of aliphatic carboxylic acids is 1. The Morgan fingerprint density at radius 3 is 2.73 bits per heavy atom. The Kier molecular flexibility index (Phi) is 5.39. The van der Waals surface area contributed by atoms with E-state index in [9.17, 15) is 19.8 Å². The quantitative estimate of drug-likeness (QED) is 0.428. The molecule has 22 heavy (non-hydrogen) atoms. The number of ether oxygens (including phenoxy) is 1. The number of carbonyl (C=O) groups excluding carboxylic acids is 2. The van der Waals surface area contributed by atoms with Crippen LogP contribution in [0.1, 0.15) is 33.1 Å². The van der Waals surface area contributed by atoms with E-state index in [1.807, 2.05) is 6.92 Å². The van der Waals surface area contributed by atoms with Crippen LogP contribution in [0.25, 0.3) is 0 Å². The van der Waals surface area contributed by atoms with Crippen LogP contribution < -0.4 is 34.7 Å². The van der Waals surface area contributed by atoms with Crippen molar-refractivity contribution in [2.45, 2.75) is 51.4 Å². The summed E-state index contributed by atoms with van der Waals surface area (Å²) >= 11 is 0. The summed E-state index contributed by atoms with van der Waals surface area (Å²) in [4.78, 5) is 25.1. The number of nitrogens with zero attached hydrogens (tertiary/aromatic N) is 1. The molecule has 116 valence electrons. The summed E-state index contributed by atoms with van der Waals surface area (Å²) in [6.07, 6.45) is 1.51. The van der Waals surface area contributed by atoms with E-state index in [1.54, 1.807) is 6.92 Å². The second kappa shape index (κ2) is 6.61. The molecule has 2 fully saturated rings. The first-order chi connectivity index (χ1) is 9.99. The second-order valence-corrected chi connectivity index (χ2v) is 6.04. The number of carboxylic acid groups (broad SMARTS) is 1. The summed E-state index contributed by atoms with van der Waals surface area (Å²) < 4.78 is 5.68. The van der Waals surface area contributed by atoms with Crippen LogP contribution in [0.3, 0.4) is 0 Å². The fourth-order valence-corrected chi connectivity index (χ4v) is 4.20. The van der Waals surface area contributed by atoms with Crippen molar-refractivity contribution >= 4 is 11.9 Å². The topological polar surface area (TPSA) is 89.9 Å². The van der Waals surface area contributed by atoms with Crippen LogP contribution in [-0.4, -0.2) is 46.7 Å². The van der Waals surface area contributed by atoms with E-state index < -0.39 is 18.0 Å². The van der Waals surface area contributed by atoms with Crippen LogP contribution >= 0.6 is 0 Å². The van der Waals surface area contributed by atoms with E-state index in [0.717, 1.165) is 19.3 Å². The zero-order chi connectivity index (χ0) is 15.3. The summed E-state index contributed by atoms with van der Waals surface area (Å²) in [6, 6.07) is -0.247. The molecule has 5 atom stereocenters. The molecule has 1 saturated carbocycles. The van der Waals surface area contributed by atoms with Gasteiger partial charge in [-0.2, -0.15) is 0 Å². The number of carbonyl (C=O) groups is 2. The standard InChI is InChI=1S/C15H21NO5.Na/c1-3-21-9-6-4-5-8-11(9)13(15(19)20)16-12(8)10(7(2)17)14(16)18;/h7-10,12,17H,3-6H2,1-2H3,(H,19,20);/q;+1/p-1/t7?,8-,9?,10-,12?;/m0./s1. The van der Waals surface area contributed by atoms with Crippen molar-refractivity contribution in [2.75, 3.05) is 6.61 Å². The molecule has 1 saturated heterocycles. The molecule has 0 aromatic carbocycles. The van der Waals surface area contributed by atoms with Crippen LogP contribution in [0.4, 0.5) is 0 Å². The Morgan fingerprint density at radius 1 is 1.50 bits per heavy atom. The molecule has 6 nitrogen and oxygen atoms in total. The maximum atomic E-state index is 12.2. The number of aliphatic hydroxyl groups is 1. The maximum Gasteiger partial charge on any atom is 1.00 e. The van der Waals surface area contributed by atoms with Crippen LogP contribution in [0.2, 0.25) is 0 Å². The van der Waals surface area contributed by atoms with Gasteiger partial charge in [-0.1, -0.05) is 0 Å². The molecule has 1 N–H and O–H groups in total. The van der Waals surface area contributed by atoms with Crippen molar-refractivity contribution in [1.82, 2.24) is 4.90 Å². The van der Waals surface area contributed by atoms with E-state index in [4.69, 9.17) is 4.74 Å². The van der Waals surface area contributed by atoms with Gasteiger partial charge in [0.2, 0.25) is 5.91 Å². The third-order valence-electron chi connectivity index (χ3n) is 4.92. The molecule has 0 spiro atoms. The van der Waals surface area contributed by atoms with Gasteiger partial charge in [0, 0.05) is 12.5 Å². The predicted octanol–water partition coefficient (Wildman–Crippen LogP) is -3.58. The van der Waals surface area contributed by atoms with E-state index >= 15 is 0 Å². The molecule has 1 amide bonds. The minimum atomic E-state index is -1.32. The molecule has 3 aliphatic rings. The van der Waals surface area contributed by atoms with Gasteiger partial charge in [-0.3, -0.25) is 4.79 Å². The smallest absolute Gasteiger partial charge is 0.543 e. The van der Waals surface area contributed by atoms with E-state index in [2.05, 4.69) is 0 Å². The van der Waals surface area contributed by atoms with Crippen LogP contribution in [0.15, 0.2) is 11.3 Å². The number of aliphatic hydroxyl groups excluding tert-OH is 1. The van der Waals surface area contributed by atoms with Crippen molar-refractivity contribution < 1.29 is 54.1 Å². The summed E-state index contributed by atoms with van der Waals surface area (Å²) in [6.45, 7) is 3.95.